The Morgan fingerprint density at radius 3 is 2.95 bits per heavy atom. The van der Waals surface area contributed by atoms with Crippen LogP contribution in [0.2, 0.25) is 0 Å². The van der Waals surface area contributed by atoms with E-state index in [9.17, 15) is 4.79 Å². The van der Waals surface area contributed by atoms with Gasteiger partial charge in [0.15, 0.2) is 0 Å². The molecule has 0 aliphatic rings. The Morgan fingerprint density at radius 2 is 2.21 bits per heavy atom. The fourth-order valence-electron chi connectivity index (χ4n) is 1.73. The molecule has 0 radical (unpaired) electrons. The fourth-order valence-corrected chi connectivity index (χ4v) is 2.62. The van der Waals surface area contributed by atoms with Crippen LogP contribution in [0.4, 0.5) is 0 Å². The molecule has 0 aliphatic carbocycles. The highest BCUT2D eigenvalue weighted by Crippen LogP contribution is 2.31. The summed E-state index contributed by atoms with van der Waals surface area (Å²) in [5.41, 5.74) is 1.99. The minimum atomic E-state index is -0.0137. The van der Waals surface area contributed by atoms with E-state index < -0.39 is 0 Å². The van der Waals surface area contributed by atoms with E-state index in [-0.39, 0.29) is 5.91 Å². The monoisotopic (exact) mass is 276 g/mol. The van der Waals surface area contributed by atoms with Crippen LogP contribution in [0.3, 0.4) is 0 Å². The van der Waals surface area contributed by atoms with Gasteiger partial charge in [-0.25, -0.2) is 4.98 Å². The lowest BCUT2D eigenvalue weighted by Crippen LogP contribution is -2.22. The lowest BCUT2D eigenvalue weighted by atomic mass is 10.2. The number of nitrogens with zero attached hydrogens (tertiary/aromatic N) is 1. The van der Waals surface area contributed by atoms with Gasteiger partial charge in [0.05, 0.1) is 18.4 Å². The van der Waals surface area contributed by atoms with Crippen LogP contribution in [-0.2, 0) is 11.2 Å². The van der Waals surface area contributed by atoms with Gasteiger partial charge < -0.3 is 10.1 Å². The molecule has 19 heavy (non-hydrogen) atoms. The number of aromatic nitrogens is 1. The molecular weight excluding hydrogens is 260 g/mol. The first-order valence-electron chi connectivity index (χ1n) is 6.03. The molecule has 1 aromatic carbocycles. The number of para-hydroxylation sites is 1. The number of carbonyl (C=O) groups excluding carboxylic acids is 1. The van der Waals surface area contributed by atoms with Crippen LogP contribution in [0.5, 0.6) is 5.75 Å². The summed E-state index contributed by atoms with van der Waals surface area (Å²) in [6, 6.07) is 7.83. The zero-order valence-electron chi connectivity index (χ0n) is 11.0. The van der Waals surface area contributed by atoms with Crippen molar-refractivity contribution in [1.29, 1.82) is 0 Å². The molecule has 0 fully saturated rings. The number of carbonyl (C=O) groups is 1. The van der Waals surface area contributed by atoms with E-state index in [0.29, 0.717) is 6.54 Å². The van der Waals surface area contributed by atoms with E-state index >= 15 is 0 Å². The van der Waals surface area contributed by atoms with Crippen molar-refractivity contribution in [2.45, 2.75) is 13.3 Å². The molecule has 2 rings (SSSR count). The summed E-state index contributed by atoms with van der Waals surface area (Å²) < 4.78 is 5.33. The zero-order chi connectivity index (χ0) is 13.7. The summed E-state index contributed by atoms with van der Waals surface area (Å²) >= 11 is 1.59. The van der Waals surface area contributed by atoms with Crippen LogP contribution in [0.1, 0.15) is 12.6 Å². The summed E-state index contributed by atoms with van der Waals surface area (Å²) in [7, 11) is 1.66. The third-order valence-electron chi connectivity index (χ3n) is 2.64. The van der Waals surface area contributed by atoms with Gasteiger partial charge in [0.2, 0.25) is 5.91 Å². The van der Waals surface area contributed by atoms with Crippen molar-refractivity contribution in [2.75, 3.05) is 13.7 Å². The summed E-state index contributed by atoms with van der Waals surface area (Å²) in [5.74, 6) is 0.811. The molecule has 0 bridgehead atoms. The van der Waals surface area contributed by atoms with Gasteiger partial charge in [-0.05, 0) is 12.1 Å². The van der Waals surface area contributed by atoms with Crippen molar-refractivity contribution >= 4 is 17.2 Å². The number of ether oxygens (including phenoxy) is 1. The maximum atomic E-state index is 10.8. The van der Waals surface area contributed by atoms with Crippen LogP contribution in [-0.4, -0.2) is 24.5 Å². The number of methoxy groups -OCH3 is 1. The van der Waals surface area contributed by atoms with Gasteiger partial charge in [-0.15, -0.1) is 11.3 Å². The van der Waals surface area contributed by atoms with Gasteiger partial charge in [-0.1, -0.05) is 12.1 Å². The molecule has 1 amide bonds. The summed E-state index contributed by atoms with van der Waals surface area (Å²) in [4.78, 5) is 15.4. The summed E-state index contributed by atoms with van der Waals surface area (Å²) in [6.45, 7) is 2.13. The molecule has 0 spiro atoms. The second kappa shape index (κ2) is 6.33. The van der Waals surface area contributed by atoms with Crippen molar-refractivity contribution < 1.29 is 9.53 Å². The Labute approximate surface area is 116 Å². The van der Waals surface area contributed by atoms with E-state index in [1.165, 1.54) is 6.92 Å². The Kier molecular flexibility index (Phi) is 4.52. The van der Waals surface area contributed by atoms with Gasteiger partial charge in [0.1, 0.15) is 10.8 Å². The average Bonchev–Trinajstić information content (AvgIpc) is 2.87. The summed E-state index contributed by atoms with van der Waals surface area (Å²) in [6.07, 6.45) is 0.741. The maximum absolute atomic E-state index is 10.8. The van der Waals surface area contributed by atoms with Gasteiger partial charge >= 0.3 is 0 Å². The second-order valence-corrected chi connectivity index (χ2v) is 4.94. The topological polar surface area (TPSA) is 51.2 Å². The number of rotatable bonds is 5. The standard InChI is InChI=1S/C14H16N2O2S/c1-10(17)15-8-7-11-9-19-14(16-11)12-5-3-4-6-13(12)18-2/h3-6,9H,7-8H2,1-2H3,(H,15,17). The first-order chi connectivity index (χ1) is 9.20. The molecule has 1 aromatic heterocycles. The highest BCUT2D eigenvalue weighted by Gasteiger charge is 2.09. The molecule has 0 saturated carbocycles. The van der Waals surface area contributed by atoms with Crippen LogP contribution in [0.15, 0.2) is 29.6 Å². The van der Waals surface area contributed by atoms with Crippen LogP contribution >= 0.6 is 11.3 Å². The van der Waals surface area contributed by atoms with Crippen LogP contribution in [0, 0.1) is 0 Å². The highest BCUT2D eigenvalue weighted by atomic mass is 32.1. The molecular formula is C14H16N2O2S. The Morgan fingerprint density at radius 1 is 1.42 bits per heavy atom. The first-order valence-corrected chi connectivity index (χ1v) is 6.91. The number of thiazole rings is 1. The van der Waals surface area contributed by atoms with Gasteiger partial charge in [0, 0.05) is 25.3 Å². The van der Waals surface area contributed by atoms with Gasteiger partial charge in [0.25, 0.3) is 0 Å². The van der Waals surface area contributed by atoms with Crippen molar-refractivity contribution in [3.63, 3.8) is 0 Å². The molecule has 100 valence electrons. The highest BCUT2D eigenvalue weighted by molar-refractivity contribution is 7.13. The van der Waals surface area contributed by atoms with Crippen LogP contribution in [0.25, 0.3) is 10.6 Å². The van der Waals surface area contributed by atoms with E-state index in [0.717, 1.165) is 28.4 Å². The number of benzene rings is 1. The van der Waals surface area contributed by atoms with E-state index in [1.807, 2.05) is 29.6 Å². The molecule has 1 heterocycles. The third-order valence-corrected chi connectivity index (χ3v) is 3.57. The maximum Gasteiger partial charge on any atom is 0.216 e. The number of hydrogen-bond donors (Lipinski definition) is 1. The Balaban J connectivity index is 2.10. The normalized spacial score (nSPS) is 10.2. The third kappa shape index (κ3) is 3.54. The van der Waals surface area contributed by atoms with Crippen molar-refractivity contribution in [2.24, 2.45) is 0 Å². The minimum Gasteiger partial charge on any atom is -0.496 e. The molecule has 2 aromatic rings. The second-order valence-electron chi connectivity index (χ2n) is 4.08. The predicted octanol–water partition coefficient (Wildman–Crippen LogP) is 2.50. The molecule has 0 aliphatic heterocycles. The van der Waals surface area contributed by atoms with E-state index in [4.69, 9.17) is 4.74 Å². The first kappa shape index (κ1) is 13.5. The van der Waals surface area contributed by atoms with Crippen molar-refractivity contribution in [3.8, 4) is 16.3 Å². The van der Waals surface area contributed by atoms with Crippen LogP contribution < -0.4 is 10.1 Å². The SMILES string of the molecule is COc1ccccc1-c1nc(CCNC(C)=O)cs1. The zero-order valence-corrected chi connectivity index (χ0v) is 11.8. The largest absolute Gasteiger partial charge is 0.496 e. The number of hydrogen-bond acceptors (Lipinski definition) is 4. The minimum absolute atomic E-state index is 0.0137. The van der Waals surface area contributed by atoms with Crippen molar-refractivity contribution in [1.82, 2.24) is 10.3 Å². The van der Waals surface area contributed by atoms with Gasteiger partial charge in [-0.2, -0.15) is 0 Å². The number of amides is 1. The molecule has 5 heteroatoms. The Hall–Kier alpha value is -1.88. The van der Waals surface area contributed by atoms with E-state index in [2.05, 4.69) is 10.3 Å². The smallest absolute Gasteiger partial charge is 0.216 e. The lowest BCUT2D eigenvalue weighted by Gasteiger charge is -2.04. The quantitative estimate of drug-likeness (QED) is 0.913. The number of nitrogens with one attached hydrogen (secondary N) is 1. The summed E-state index contributed by atoms with van der Waals surface area (Å²) in [5, 5.41) is 5.72. The fraction of sp³-hybridized carbons (Fsp3) is 0.286. The predicted molar refractivity (Wildman–Crippen MR) is 76.5 cm³/mol. The molecule has 0 saturated heterocycles. The average molecular weight is 276 g/mol. The Bertz CT molecular complexity index is 566. The molecule has 4 nitrogen and oxygen atoms in total. The van der Waals surface area contributed by atoms with E-state index in [1.54, 1.807) is 18.4 Å². The molecule has 0 atom stereocenters. The molecule has 0 unspecified atom stereocenters. The van der Waals surface area contributed by atoms with Crippen molar-refractivity contribution in [3.05, 3.63) is 35.3 Å². The molecule has 1 N–H and O–H groups in total. The van der Waals surface area contributed by atoms with Gasteiger partial charge in [-0.3, -0.25) is 4.79 Å². The lowest BCUT2D eigenvalue weighted by molar-refractivity contribution is -0.118.